The van der Waals surface area contributed by atoms with E-state index in [1.54, 1.807) is 0 Å². The number of hydrogen-bond acceptors (Lipinski definition) is 2. The van der Waals surface area contributed by atoms with Gasteiger partial charge >= 0.3 is 0 Å². The van der Waals surface area contributed by atoms with Crippen LogP contribution < -0.4 is 0 Å². The van der Waals surface area contributed by atoms with E-state index in [2.05, 4.69) is 13.5 Å². The fourth-order valence-electron chi connectivity index (χ4n) is 1.45. The van der Waals surface area contributed by atoms with Crippen molar-refractivity contribution in [2.75, 3.05) is 13.2 Å². The summed E-state index contributed by atoms with van der Waals surface area (Å²) in [5.74, 6) is 0.882. The van der Waals surface area contributed by atoms with Gasteiger partial charge in [-0.3, -0.25) is 0 Å². The summed E-state index contributed by atoms with van der Waals surface area (Å²) < 4.78 is 10.5. The summed E-state index contributed by atoms with van der Waals surface area (Å²) >= 11 is 0. The fourth-order valence-corrected chi connectivity index (χ4v) is 1.45. The minimum atomic E-state index is 0.204. The molecule has 0 spiro atoms. The first-order chi connectivity index (χ1) is 6.84. The lowest BCUT2D eigenvalue weighted by molar-refractivity contribution is 0.113. The average Bonchev–Trinajstić information content (AvgIpc) is 2.87. The third kappa shape index (κ3) is 5.28. The molecule has 0 amide bonds. The van der Waals surface area contributed by atoms with E-state index in [1.165, 1.54) is 38.5 Å². The van der Waals surface area contributed by atoms with E-state index in [0.29, 0.717) is 6.61 Å². The standard InChI is InChI=1S/C12H22O2/c1-3-4-5-6-7-8-9-13-10-12-11(2)14-12/h12H,2-10H2,1H3. The fraction of sp³-hybridized carbons (Fsp3) is 0.833. The van der Waals surface area contributed by atoms with E-state index in [4.69, 9.17) is 9.47 Å². The van der Waals surface area contributed by atoms with E-state index >= 15 is 0 Å². The van der Waals surface area contributed by atoms with Gasteiger partial charge in [-0.05, 0) is 6.42 Å². The second-order valence-corrected chi connectivity index (χ2v) is 3.92. The highest BCUT2D eigenvalue weighted by Gasteiger charge is 2.29. The zero-order valence-corrected chi connectivity index (χ0v) is 9.26. The van der Waals surface area contributed by atoms with Crippen LogP contribution in [0, 0.1) is 0 Å². The molecule has 1 saturated heterocycles. The number of unbranched alkanes of at least 4 members (excludes halogenated alkanes) is 5. The van der Waals surface area contributed by atoms with E-state index < -0.39 is 0 Å². The summed E-state index contributed by atoms with van der Waals surface area (Å²) in [7, 11) is 0. The van der Waals surface area contributed by atoms with Crippen molar-refractivity contribution >= 4 is 0 Å². The van der Waals surface area contributed by atoms with Crippen molar-refractivity contribution in [2.45, 2.75) is 51.6 Å². The SMILES string of the molecule is C=C1OC1COCCCCCCCC. The molecule has 0 saturated carbocycles. The molecule has 1 heterocycles. The minimum absolute atomic E-state index is 0.204. The van der Waals surface area contributed by atoms with Crippen LogP contribution >= 0.6 is 0 Å². The summed E-state index contributed by atoms with van der Waals surface area (Å²) in [6.45, 7) is 7.51. The Bertz CT molecular complexity index is 166. The van der Waals surface area contributed by atoms with Crippen molar-refractivity contribution in [1.82, 2.24) is 0 Å². The lowest BCUT2D eigenvalue weighted by Crippen LogP contribution is -2.02. The molecule has 0 aromatic heterocycles. The first kappa shape index (κ1) is 11.6. The maximum absolute atomic E-state index is 5.45. The summed E-state index contributed by atoms with van der Waals surface area (Å²) in [6, 6.07) is 0. The van der Waals surface area contributed by atoms with Crippen molar-refractivity contribution in [3.05, 3.63) is 12.3 Å². The van der Waals surface area contributed by atoms with Crippen LogP contribution in [0.25, 0.3) is 0 Å². The lowest BCUT2D eigenvalue weighted by atomic mass is 10.1. The molecule has 14 heavy (non-hydrogen) atoms. The predicted octanol–water partition coefficient (Wildman–Crippen LogP) is 3.28. The average molecular weight is 198 g/mol. The first-order valence-electron chi connectivity index (χ1n) is 5.77. The number of epoxide rings is 1. The number of hydrogen-bond donors (Lipinski definition) is 0. The zero-order valence-electron chi connectivity index (χ0n) is 9.26. The van der Waals surface area contributed by atoms with Crippen molar-refractivity contribution < 1.29 is 9.47 Å². The van der Waals surface area contributed by atoms with E-state index in [9.17, 15) is 0 Å². The molecule has 1 aliphatic heterocycles. The van der Waals surface area contributed by atoms with Gasteiger partial charge < -0.3 is 9.47 Å². The van der Waals surface area contributed by atoms with Gasteiger partial charge in [-0.15, -0.1) is 0 Å². The highest BCUT2D eigenvalue weighted by molar-refractivity contribution is 5.07. The van der Waals surface area contributed by atoms with Gasteiger partial charge in [-0.1, -0.05) is 45.6 Å². The number of ether oxygens (including phenoxy) is 2. The van der Waals surface area contributed by atoms with Gasteiger partial charge in [0, 0.05) is 6.61 Å². The molecule has 0 aromatic rings. The van der Waals surface area contributed by atoms with Crippen molar-refractivity contribution in [2.24, 2.45) is 0 Å². The van der Waals surface area contributed by atoms with Crippen LogP contribution in [-0.2, 0) is 9.47 Å². The minimum Gasteiger partial charge on any atom is -0.481 e. The summed E-state index contributed by atoms with van der Waals surface area (Å²) in [6.07, 6.45) is 8.10. The zero-order chi connectivity index (χ0) is 10.2. The molecule has 0 N–H and O–H groups in total. The Morgan fingerprint density at radius 1 is 1.21 bits per heavy atom. The van der Waals surface area contributed by atoms with Crippen molar-refractivity contribution in [3.8, 4) is 0 Å². The Morgan fingerprint density at radius 3 is 2.50 bits per heavy atom. The van der Waals surface area contributed by atoms with Crippen molar-refractivity contribution in [3.63, 3.8) is 0 Å². The van der Waals surface area contributed by atoms with Gasteiger partial charge in [0.05, 0.1) is 6.61 Å². The largest absolute Gasteiger partial charge is 0.481 e. The molecule has 1 aliphatic rings. The Hall–Kier alpha value is -0.500. The third-order valence-electron chi connectivity index (χ3n) is 2.51. The van der Waals surface area contributed by atoms with Gasteiger partial charge in [0.1, 0.15) is 5.76 Å². The van der Waals surface area contributed by atoms with Crippen LogP contribution in [0.1, 0.15) is 45.4 Å². The topological polar surface area (TPSA) is 21.8 Å². The molecule has 2 heteroatoms. The predicted molar refractivity (Wildman–Crippen MR) is 58.2 cm³/mol. The van der Waals surface area contributed by atoms with Crippen LogP contribution in [0.15, 0.2) is 12.3 Å². The molecule has 0 aromatic carbocycles. The number of rotatable bonds is 9. The van der Waals surface area contributed by atoms with Gasteiger partial charge in [-0.2, -0.15) is 0 Å². The molecule has 0 bridgehead atoms. The van der Waals surface area contributed by atoms with E-state index in [1.807, 2.05) is 0 Å². The molecule has 1 rings (SSSR count). The molecule has 82 valence electrons. The summed E-state index contributed by atoms with van der Waals surface area (Å²) in [4.78, 5) is 0. The molecule has 0 radical (unpaired) electrons. The highest BCUT2D eigenvalue weighted by atomic mass is 16.6. The Balaban J connectivity index is 1.70. The maximum atomic E-state index is 5.45. The molecule has 0 aliphatic carbocycles. The quantitative estimate of drug-likeness (QED) is 0.419. The third-order valence-corrected chi connectivity index (χ3v) is 2.51. The van der Waals surface area contributed by atoms with Crippen LogP contribution in [0.4, 0.5) is 0 Å². The lowest BCUT2D eigenvalue weighted by Gasteiger charge is -2.01. The second kappa shape index (κ2) is 6.88. The molecular formula is C12H22O2. The normalized spacial score (nSPS) is 19.5. The summed E-state index contributed by atoms with van der Waals surface area (Å²) in [5, 5.41) is 0. The van der Waals surface area contributed by atoms with Crippen LogP contribution in [0.2, 0.25) is 0 Å². The second-order valence-electron chi connectivity index (χ2n) is 3.92. The first-order valence-corrected chi connectivity index (χ1v) is 5.77. The van der Waals surface area contributed by atoms with Gasteiger partial charge in [0.2, 0.25) is 0 Å². The van der Waals surface area contributed by atoms with E-state index in [-0.39, 0.29) is 6.10 Å². The van der Waals surface area contributed by atoms with Gasteiger partial charge in [0.15, 0.2) is 6.10 Å². The van der Waals surface area contributed by atoms with E-state index in [0.717, 1.165) is 12.4 Å². The monoisotopic (exact) mass is 198 g/mol. The van der Waals surface area contributed by atoms with Crippen LogP contribution in [-0.4, -0.2) is 19.3 Å². The summed E-state index contributed by atoms with van der Waals surface area (Å²) in [5.41, 5.74) is 0. The smallest absolute Gasteiger partial charge is 0.178 e. The molecular weight excluding hydrogens is 176 g/mol. The van der Waals surface area contributed by atoms with Gasteiger partial charge in [-0.25, -0.2) is 0 Å². The highest BCUT2D eigenvalue weighted by Crippen LogP contribution is 2.24. The van der Waals surface area contributed by atoms with Crippen LogP contribution in [0.5, 0.6) is 0 Å². The Morgan fingerprint density at radius 2 is 1.86 bits per heavy atom. The molecule has 1 atom stereocenters. The molecule has 2 nitrogen and oxygen atoms in total. The van der Waals surface area contributed by atoms with Crippen LogP contribution in [0.3, 0.4) is 0 Å². The van der Waals surface area contributed by atoms with Crippen molar-refractivity contribution in [1.29, 1.82) is 0 Å². The molecule has 1 unspecified atom stereocenters. The maximum Gasteiger partial charge on any atom is 0.178 e. The molecule has 1 fully saturated rings. The Labute approximate surface area is 87.3 Å². The Kier molecular flexibility index (Phi) is 5.69. The van der Waals surface area contributed by atoms with Gasteiger partial charge in [0.25, 0.3) is 0 Å².